The Balaban J connectivity index is 1.62. The van der Waals surface area contributed by atoms with Crippen molar-refractivity contribution in [2.75, 3.05) is 32.7 Å². The standard InChI is InChI=1S/C23H40N4O2/c1-18(2)16-20-17-26(15-14-25-10-6-7-11-25)21(24-20)19-8-12-27(13-9-19)29-22(28)23(3,4)5/h17-19H,6-16H2,1-5H3. The minimum Gasteiger partial charge on any atom is -0.367 e. The highest BCUT2D eigenvalue weighted by atomic mass is 16.7. The Morgan fingerprint density at radius 2 is 1.79 bits per heavy atom. The Labute approximate surface area is 176 Å². The molecule has 3 rings (SSSR count). The summed E-state index contributed by atoms with van der Waals surface area (Å²) in [6, 6.07) is 0. The van der Waals surface area contributed by atoms with E-state index in [0.29, 0.717) is 11.8 Å². The van der Waals surface area contributed by atoms with E-state index < -0.39 is 5.41 Å². The first kappa shape index (κ1) is 22.3. The number of hydroxylamine groups is 2. The Morgan fingerprint density at radius 3 is 2.38 bits per heavy atom. The molecule has 2 aliphatic rings. The lowest BCUT2D eigenvalue weighted by atomic mass is 9.96. The molecule has 0 aliphatic carbocycles. The number of carbonyl (C=O) groups is 1. The Morgan fingerprint density at radius 1 is 1.14 bits per heavy atom. The van der Waals surface area contributed by atoms with Gasteiger partial charge in [0.05, 0.1) is 11.1 Å². The molecule has 3 heterocycles. The number of hydrogen-bond acceptors (Lipinski definition) is 5. The molecule has 2 saturated heterocycles. The highest BCUT2D eigenvalue weighted by Crippen LogP contribution is 2.29. The van der Waals surface area contributed by atoms with Crippen molar-refractivity contribution in [3.05, 3.63) is 17.7 Å². The molecule has 29 heavy (non-hydrogen) atoms. The molecule has 0 radical (unpaired) electrons. The molecule has 0 amide bonds. The minimum atomic E-state index is -0.464. The molecule has 6 heteroatoms. The van der Waals surface area contributed by atoms with Gasteiger partial charge < -0.3 is 14.3 Å². The summed E-state index contributed by atoms with van der Waals surface area (Å²) in [5, 5.41) is 1.84. The zero-order valence-corrected chi connectivity index (χ0v) is 19.1. The predicted molar refractivity (Wildman–Crippen MR) is 116 cm³/mol. The van der Waals surface area contributed by atoms with Crippen LogP contribution in [0.3, 0.4) is 0 Å². The monoisotopic (exact) mass is 404 g/mol. The van der Waals surface area contributed by atoms with Crippen molar-refractivity contribution in [1.29, 1.82) is 0 Å². The van der Waals surface area contributed by atoms with Crippen molar-refractivity contribution in [2.24, 2.45) is 11.3 Å². The van der Waals surface area contributed by atoms with Crippen molar-refractivity contribution in [3.8, 4) is 0 Å². The average molecular weight is 405 g/mol. The predicted octanol–water partition coefficient (Wildman–Crippen LogP) is 3.86. The van der Waals surface area contributed by atoms with E-state index in [0.717, 1.165) is 45.4 Å². The van der Waals surface area contributed by atoms with E-state index in [1.54, 1.807) is 0 Å². The first-order chi connectivity index (χ1) is 13.7. The number of imidazole rings is 1. The van der Waals surface area contributed by atoms with Crippen LogP contribution in [0.4, 0.5) is 0 Å². The molecule has 0 spiro atoms. The van der Waals surface area contributed by atoms with Crippen molar-refractivity contribution in [1.82, 2.24) is 19.5 Å². The second-order valence-corrected chi connectivity index (χ2v) is 10.3. The number of hydrogen-bond donors (Lipinski definition) is 0. The largest absolute Gasteiger partial charge is 0.367 e. The summed E-state index contributed by atoms with van der Waals surface area (Å²) in [6.07, 6.45) is 7.96. The van der Waals surface area contributed by atoms with Crippen LogP contribution in [-0.4, -0.2) is 58.2 Å². The fourth-order valence-corrected chi connectivity index (χ4v) is 4.22. The summed E-state index contributed by atoms with van der Waals surface area (Å²) in [6.45, 7) is 16.4. The highest BCUT2D eigenvalue weighted by molar-refractivity contribution is 5.75. The van der Waals surface area contributed by atoms with Gasteiger partial charge in [0.15, 0.2) is 0 Å². The number of rotatable bonds is 7. The van der Waals surface area contributed by atoms with Gasteiger partial charge in [0.1, 0.15) is 5.82 Å². The van der Waals surface area contributed by atoms with Crippen LogP contribution in [0.2, 0.25) is 0 Å². The fourth-order valence-electron chi connectivity index (χ4n) is 4.22. The number of aromatic nitrogens is 2. The van der Waals surface area contributed by atoms with Crippen molar-refractivity contribution in [2.45, 2.75) is 79.2 Å². The lowest BCUT2D eigenvalue weighted by molar-refractivity contribution is -0.204. The van der Waals surface area contributed by atoms with Crippen molar-refractivity contribution < 1.29 is 9.63 Å². The molecule has 1 aromatic heterocycles. The van der Waals surface area contributed by atoms with Gasteiger partial charge in [0, 0.05) is 38.3 Å². The maximum absolute atomic E-state index is 12.2. The maximum atomic E-state index is 12.2. The smallest absolute Gasteiger partial charge is 0.330 e. The summed E-state index contributed by atoms with van der Waals surface area (Å²) in [4.78, 5) is 25.4. The summed E-state index contributed by atoms with van der Waals surface area (Å²) in [5.74, 6) is 2.14. The third-order valence-electron chi connectivity index (χ3n) is 5.97. The van der Waals surface area contributed by atoms with Crippen LogP contribution in [0.25, 0.3) is 0 Å². The molecule has 2 aliphatic heterocycles. The van der Waals surface area contributed by atoms with E-state index in [2.05, 4.69) is 29.5 Å². The summed E-state index contributed by atoms with van der Waals surface area (Å²) in [5.41, 5.74) is 0.757. The minimum absolute atomic E-state index is 0.151. The maximum Gasteiger partial charge on any atom is 0.330 e. The van der Waals surface area contributed by atoms with Gasteiger partial charge >= 0.3 is 5.97 Å². The second-order valence-electron chi connectivity index (χ2n) is 10.3. The SMILES string of the molecule is CC(C)Cc1cn(CCN2CCCC2)c(C2CCN(OC(=O)C(C)(C)C)CC2)n1. The van der Waals surface area contributed by atoms with Gasteiger partial charge in [-0.15, -0.1) is 5.06 Å². The zero-order chi connectivity index (χ0) is 21.0. The molecule has 6 nitrogen and oxygen atoms in total. The third-order valence-corrected chi connectivity index (χ3v) is 5.97. The molecular formula is C23H40N4O2. The molecule has 0 saturated carbocycles. The Hall–Kier alpha value is -1.40. The molecule has 0 unspecified atom stereocenters. The number of piperidine rings is 1. The third kappa shape index (κ3) is 6.29. The summed E-state index contributed by atoms with van der Waals surface area (Å²) >= 11 is 0. The topological polar surface area (TPSA) is 50.6 Å². The second kappa shape index (κ2) is 9.61. The molecule has 0 bridgehead atoms. The average Bonchev–Trinajstić information content (AvgIpc) is 3.29. The van der Waals surface area contributed by atoms with E-state index in [1.807, 2.05) is 25.8 Å². The molecule has 164 valence electrons. The Bertz CT molecular complexity index is 663. The van der Waals surface area contributed by atoms with Gasteiger partial charge in [-0.1, -0.05) is 13.8 Å². The first-order valence-corrected chi connectivity index (χ1v) is 11.5. The van der Waals surface area contributed by atoms with Gasteiger partial charge in [0.2, 0.25) is 0 Å². The molecule has 0 atom stereocenters. The van der Waals surface area contributed by atoms with Crippen LogP contribution in [0.5, 0.6) is 0 Å². The molecule has 0 N–H and O–H groups in total. The lowest BCUT2D eigenvalue weighted by Crippen LogP contribution is -2.38. The van der Waals surface area contributed by atoms with Crippen molar-refractivity contribution in [3.63, 3.8) is 0 Å². The summed E-state index contributed by atoms with van der Waals surface area (Å²) in [7, 11) is 0. The highest BCUT2D eigenvalue weighted by Gasteiger charge is 2.30. The van der Waals surface area contributed by atoms with E-state index >= 15 is 0 Å². The van der Waals surface area contributed by atoms with Gasteiger partial charge in [0.25, 0.3) is 0 Å². The Kier molecular flexibility index (Phi) is 7.38. The van der Waals surface area contributed by atoms with Crippen LogP contribution in [0.1, 0.15) is 77.7 Å². The number of carbonyl (C=O) groups excluding carboxylic acids is 1. The fraction of sp³-hybridized carbons (Fsp3) is 0.826. The lowest BCUT2D eigenvalue weighted by Gasteiger charge is -2.32. The van der Waals surface area contributed by atoms with Crippen LogP contribution in [-0.2, 0) is 22.6 Å². The van der Waals surface area contributed by atoms with Gasteiger partial charge in [-0.05, 0) is 71.9 Å². The van der Waals surface area contributed by atoms with Crippen LogP contribution >= 0.6 is 0 Å². The first-order valence-electron chi connectivity index (χ1n) is 11.5. The normalized spacial score (nSPS) is 19.9. The van der Waals surface area contributed by atoms with Gasteiger partial charge in [-0.25, -0.2) is 9.78 Å². The molecular weight excluding hydrogens is 364 g/mol. The van der Waals surface area contributed by atoms with Gasteiger partial charge in [-0.3, -0.25) is 0 Å². The number of nitrogens with zero attached hydrogens (tertiary/aromatic N) is 4. The molecule has 2 fully saturated rings. The van der Waals surface area contributed by atoms with E-state index in [1.165, 1.54) is 37.4 Å². The summed E-state index contributed by atoms with van der Waals surface area (Å²) < 4.78 is 2.41. The number of likely N-dealkylation sites (tertiary alicyclic amines) is 1. The van der Waals surface area contributed by atoms with Gasteiger partial charge in [-0.2, -0.15) is 0 Å². The zero-order valence-electron chi connectivity index (χ0n) is 19.1. The quantitative estimate of drug-likeness (QED) is 0.691. The van der Waals surface area contributed by atoms with Crippen molar-refractivity contribution >= 4 is 5.97 Å². The van der Waals surface area contributed by atoms with Crippen LogP contribution in [0, 0.1) is 11.3 Å². The van der Waals surface area contributed by atoms with E-state index in [-0.39, 0.29) is 5.97 Å². The van der Waals surface area contributed by atoms with Crippen LogP contribution < -0.4 is 0 Å². The molecule has 1 aromatic rings. The van der Waals surface area contributed by atoms with E-state index in [4.69, 9.17) is 9.82 Å². The van der Waals surface area contributed by atoms with Crippen LogP contribution in [0.15, 0.2) is 6.20 Å². The molecule has 0 aromatic carbocycles. The van der Waals surface area contributed by atoms with E-state index in [9.17, 15) is 4.79 Å².